The van der Waals surface area contributed by atoms with Gasteiger partial charge in [-0.25, -0.2) is 9.78 Å². The molecule has 0 radical (unpaired) electrons. The van der Waals surface area contributed by atoms with Crippen molar-refractivity contribution in [1.29, 1.82) is 0 Å². The molecule has 0 aliphatic carbocycles. The molecular formula is C24H29N3O4. The minimum absolute atomic E-state index is 0.0302. The van der Waals surface area contributed by atoms with E-state index in [9.17, 15) is 9.59 Å². The highest BCUT2D eigenvalue weighted by molar-refractivity contribution is 6.04. The van der Waals surface area contributed by atoms with Crippen LogP contribution in [-0.2, 0) is 9.53 Å². The fourth-order valence-corrected chi connectivity index (χ4v) is 3.44. The van der Waals surface area contributed by atoms with Crippen LogP contribution in [0.15, 0.2) is 40.9 Å². The molecule has 0 bridgehead atoms. The van der Waals surface area contributed by atoms with Crippen LogP contribution in [0.2, 0.25) is 0 Å². The summed E-state index contributed by atoms with van der Waals surface area (Å²) in [4.78, 5) is 29.5. The van der Waals surface area contributed by atoms with Crippen LogP contribution >= 0.6 is 0 Å². The summed E-state index contributed by atoms with van der Waals surface area (Å²) < 4.78 is 10.6. The lowest BCUT2D eigenvalue weighted by molar-refractivity contribution is -0.124. The molecule has 31 heavy (non-hydrogen) atoms. The number of pyridine rings is 1. The summed E-state index contributed by atoms with van der Waals surface area (Å²) in [5, 5.41) is 7.30. The number of carbonyl (C=O) groups is 2. The Balaban J connectivity index is 1.69. The molecule has 1 aromatic carbocycles. The van der Waals surface area contributed by atoms with E-state index in [2.05, 4.69) is 29.3 Å². The summed E-state index contributed by atoms with van der Waals surface area (Å²) in [6.45, 7) is 7.71. The number of hydrogen-bond donors (Lipinski definition) is 1. The molecule has 0 aliphatic rings. The Morgan fingerprint density at radius 2 is 1.87 bits per heavy atom. The van der Waals surface area contributed by atoms with Gasteiger partial charge in [0, 0.05) is 11.6 Å². The molecule has 1 N–H and O–H groups in total. The first-order valence-electron chi connectivity index (χ1n) is 10.6. The van der Waals surface area contributed by atoms with Crippen LogP contribution in [0.3, 0.4) is 0 Å². The van der Waals surface area contributed by atoms with E-state index < -0.39 is 5.97 Å². The normalized spacial score (nSPS) is 12.2. The van der Waals surface area contributed by atoms with Crippen molar-refractivity contribution < 1.29 is 18.8 Å². The molecule has 7 heteroatoms. The van der Waals surface area contributed by atoms with Crippen molar-refractivity contribution in [2.24, 2.45) is 5.92 Å². The molecule has 1 atom stereocenters. The molecule has 2 heterocycles. The molecule has 3 aromatic rings. The fraction of sp³-hybridized carbons (Fsp3) is 0.417. The van der Waals surface area contributed by atoms with E-state index >= 15 is 0 Å². The zero-order valence-electron chi connectivity index (χ0n) is 18.5. The number of amides is 1. The summed E-state index contributed by atoms with van der Waals surface area (Å²) in [6.07, 6.45) is 3.06. The largest absolute Gasteiger partial charge is 0.452 e. The highest BCUT2D eigenvalue weighted by Crippen LogP contribution is 2.27. The average Bonchev–Trinajstić information content (AvgIpc) is 3.12. The predicted octanol–water partition coefficient (Wildman–Crippen LogP) is 4.69. The number of aromatic nitrogens is 2. The van der Waals surface area contributed by atoms with Gasteiger partial charge in [0.25, 0.3) is 11.6 Å². The maximum atomic E-state index is 12.8. The maximum absolute atomic E-state index is 12.8. The summed E-state index contributed by atoms with van der Waals surface area (Å²) in [6, 6.07) is 11.1. The molecule has 0 spiro atoms. The molecule has 7 nitrogen and oxygen atoms in total. The summed E-state index contributed by atoms with van der Waals surface area (Å²) in [5.74, 6) is -0.290. The van der Waals surface area contributed by atoms with Gasteiger partial charge >= 0.3 is 5.97 Å². The van der Waals surface area contributed by atoms with E-state index in [1.807, 2.05) is 37.3 Å². The topological polar surface area (TPSA) is 94.3 Å². The Hall–Kier alpha value is -3.22. The Morgan fingerprint density at radius 1 is 1.13 bits per heavy atom. The Bertz CT molecular complexity index is 1040. The number of fused-ring (bicyclic) bond motifs is 1. The lowest BCUT2D eigenvalue weighted by atomic mass is 10.0. The van der Waals surface area contributed by atoms with E-state index in [0.717, 1.165) is 24.8 Å². The SMILES string of the molecule is Cc1noc2nc(-c3ccccc3)cc(C(=O)OCC(=O)NC(C)CCCC(C)C)c12. The first-order chi connectivity index (χ1) is 14.8. The second-order valence-corrected chi connectivity index (χ2v) is 8.24. The smallest absolute Gasteiger partial charge is 0.339 e. The van der Waals surface area contributed by atoms with E-state index in [1.54, 1.807) is 13.0 Å². The van der Waals surface area contributed by atoms with Crippen molar-refractivity contribution in [3.63, 3.8) is 0 Å². The van der Waals surface area contributed by atoms with Gasteiger partial charge in [0.2, 0.25) is 0 Å². The highest BCUT2D eigenvalue weighted by Gasteiger charge is 2.21. The van der Waals surface area contributed by atoms with E-state index in [-0.39, 0.29) is 29.8 Å². The van der Waals surface area contributed by atoms with Gasteiger partial charge in [0.15, 0.2) is 6.61 Å². The molecule has 0 fully saturated rings. The molecule has 2 aromatic heterocycles. The van der Waals surface area contributed by atoms with Gasteiger partial charge < -0.3 is 14.6 Å². The predicted molar refractivity (Wildman–Crippen MR) is 119 cm³/mol. The monoisotopic (exact) mass is 423 g/mol. The highest BCUT2D eigenvalue weighted by atomic mass is 16.5. The second-order valence-electron chi connectivity index (χ2n) is 8.24. The average molecular weight is 424 g/mol. The second kappa shape index (κ2) is 10.2. The molecule has 3 rings (SSSR count). The van der Waals surface area contributed by atoms with Crippen molar-refractivity contribution in [3.05, 3.63) is 47.7 Å². The number of hydrogen-bond acceptors (Lipinski definition) is 6. The fourth-order valence-electron chi connectivity index (χ4n) is 3.44. The minimum atomic E-state index is -0.613. The van der Waals surface area contributed by atoms with Crippen molar-refractivity contribution in [3.8, 4) is 11.3 Å². The standard InChI is InChI=1S/C24H29N3O4/c1-15(2)9-8-10-16(3)25-21(28)14-30-24(29)19-13-20(18-11-6-5-7-12-18)26-23-22(19)17(4)27-31-23/h5-7,11-13,15-16H,8-10,14H2,1-4H3,(H,25,28). The van der Waals surface area contributed by atoms with Crippen LogP contribution in [0.4, 0.5) is 0 Å². The van der Waals surface area contributed by atoms with E-state index in [0.29, 0.717) is 22.7 Å². The third kappa shape index (κ3) is 5.90. The van der Waals surface area contributed by atoms with Gasteiger partial charge in [0.1, 0.15) is 0 Å². The molecule has 1 unspecified atom stereocenters. The Labute approximate surface area is 182 Å². The molecule has 0 saturated carbocycles. The van der Waals surface area contributed by atoms with Gasteiger partial charge in [-0.2, -0.15) is 0 Å². The van der Waals surface area contributed by atoms with Crippen LogP contribution in [-0.4, -0.2) is 34.7 Å². The number of nitrogens with zero attached hydrogens (tertiary/aromatic N) is 2. The number of aryl methyl sites for hydroxylation is 1. The minimum Gasteiger partial charge on any atom is -0.452 e. The van der Waals surface area contributed by atoms with Gasteiger partial charge in [-0.05, 0) is 32.3 Å². The van der Waals surface area contributed by atoms with Crippen LogP contribution in [0.5, 0.6) is 0 Å². The van der Waals surface area contributed by atoms with Crippen LogP contribution in [0.25, 0.3) is 22.4 Å². The number of rotatable bonds is 9. The zero-order chi connectivity index (χ0) is 22.4. The Kier molecular flexibility index (Phi) is 7.39. The summed E-state index contributed by atoms with van der Waals surface area (Å²) in [5.41, 5.74) is 2.48. The zero-order valence-corrected chi connectivity index (χ0v) is 18.5. The maximum Gasteiger partial charge on any atom is 0.339 e. The quantitative estimate of drug-likeness (QED) is 0.502. The number of nitrogens with one attached hydrogen (secondary N) is 1. The van der Waals surface area contributed by atoms with Crippen molar-refractivity contribution in [2.45, 2.75) is 53.0 Å². The third-order valence-electron chi connectivity index (χ3n) is 5.07. The number of carbonyl (C=O) groups excluding carboxylic acids is 2. The van der Waals surface area contributed by atoms with E-state index in [1.165, 1.54) is 0 Å². The lowest BCUT2D eigenvalue weighted by Gasteiger charge is -2.14. The summed E-state index contributed by atoms with van der Waals surface area (Å²) >= 11 is 0. The molecule has 164 valence electrons. The molecular weight excluding hydrogens is 394 g/mol. The number of esters is 1. The lowest BCUT2D eigenvalue weighted by Crippen LogP contribution is -2.35. The van der Waals surface area contributed by atoms with E-state index in [4.69, 9.17) is 9.26 Å². The number of benzene rings is 1. The summed E-state index contributed by atoms with van der Waals surface area (Å²) in [7, 11) is 0. The van der Waals surface area contributed by atoms with Gasteiger partial charge in [-0.15, -0.1) is 0 Å². The first-order valence-corrected chi connectivity index (χ1v) is 10.6. The third-order valence-corrected chi connectivity index (χ3v) is 5.07. The van der Waals surface area contributed by atoms with Crippen molar-refractivity contribution in [1.82, 2.24) is 15.5 Å². The van der Waals surface area contributed by atoms with Crippen molar-refractivity contribution in [2.75, 3.05) is 6.61 Å². The number of ether oxygens (including phenoxy) is 1. The van der Waals surface area contributed by atoms with Crippen LogP contribution < -0.4 is 5.32 Å². The molecule has 1 amide bonds. The van der Waals surface area contributed by atoms with Gasteiger partial charge in [-0.3, -0.25) is 4.79 Å². The van der Waals surface area contributed by atoms with Crippen LogP contribution in [0.1, 0.15) is 56.1 Å². The molecule has 0 aliphatic heterocycles. The van der Waals surface area contributed by atoms with Gasteiger partial charge in [-0.1, -0.05) is 62.2 Å². The molecule has 0 saturated heterocycles. The van der Waals surface area contributed by atoms with Gasteiger partial charge in [0.05, 0.1) is 22.3 Å². The Morgan fingerprint density at radius 3 is 2.58 bits per heavy atom. The van der Waals surface area contributed by atoms with Crippen LogP contribution in [0, 0.1) is 12.8 Å². The van der Waals surface area contributed by atoms with Crippen molar-refractivity contribution >= 4 is 23.0 Å². The first kappa shape index (κ1) is 22.5.